The van der Waals surface area contributed by atoms with Crippen LogP contribution in [0.15, 0.2) is 28.4 Å². The van der Waals surface area contributed by atoms with E-state index >= 15 is 0 Å². The van der Waals surface area contributed by atoms with Crippen LogP contribution in [-0.2, 0) is 0 Å². The Morgan fingerprint density at radius 3 is 2.94 bits per heavy atom. The molecular weight excluding hydrogens is 242 g/mol. The molecule has 0 amide bonds. The summed E-state index contributed by atoms with van der Waals surface area (Å²) in [4.78, 5) is 10.2. The number of methoxy groups -OCH3 is 1. The van der Waals surface area contributed by atoms with Crippen molar-refractivity contribution in [3.63, 3.8) is 0 Å². The van der Waals surface area contributed by atoms with Gasteiger partial charge in [-0.2, -0.15) is 5.10 Å². The number of nitrogens with two attached hydrogens (primary N) is 1. The van der Waals surface area contributed by atoms with Crippen LogP contribution in [-0.4, -0.2) is 29.4 Å². The maximum absolute atomic E-state index is 10.8. The maximum atomic E-state index is 10.8. The molecule has 0 fully saturated rings. The van der Waals surface area contributed by atoms with Gasteiger partial charge in [0.2, 0.25) is 5.96 Å². The molecule has 18 heavy (non-hydrogen) atoms. The first-order valence-electron chi connectivity index (χ1n) is 4.67. The molecule has 4 N–H and O–H groups in total. The number of ether oxygens (including phenoxy) is 1. The highest BCUT2D eigenvalue weighted by atomic mass is 16.6. The zero-order chi connectivity index (χ0) is 13.5. The summed E-state index contributed by atoms with van der Waals surface area (Å²) in [6.07, 6.45) is 1.25. The standard InChI is InChI=1S/C9H11N5O4/c1-18-8-3-2-6(4-7(8)14(16)17)5-11-12-9(10)13-15/h2-5,15H,1H3,(H3,10,12,13)/b11-5+. The second kappa shape index (κ2) is 6.15. The molecule has 9 nitrogen and oxygen atoms in total. The van der Waals surface area contributed by atoms with Gasteiger partial charge in [-0.05, 0) is 12.1 Å². The van der Waals surface area contributed by atoms with E-state index < -0.39 is 4.92 Å². The van der Waals surface area contributed by atoms with Gasteiger partial charge < -0.3 is 10.5 Å². The second-order valence-corrected chi connectivity index (χ2v) is 3.03. The molecule has 1 aromatic rings. The molecule has 0 saturated carbocycles. The fourth-order valence-corrected chi connectivity index (χ4v) is 1.11. The molecule has 0 unspecified atom stereocenters. The number of nitro groups is 1. The number of hydrogen-bond donors (Lipinski definition) is 3. The number of rotatable bonds is 4. The molecule has 0 aromatic heterocycles. The van der Waals surface area contributed by atoms with Crippen LogP contribution < -0.4 is 16.0 Å². The van der Waals surface area contributed by atoms with E-state index in [2.05, 4.69) is 10.2 Å². The monoisotopic (exact) mass is 253 g/mol. The van der Waals surface area contributed by atoms with Gasteiger partial charge in [0.1, 0.15) is 0 Å². The molecule has 0 aliphatic carbocycles. The number of guanidine groups is 1. The van der Waals surface area contributed by atoms with Crippen LogP contribution in [0.3, 0.4) is 0 Å². The van der Waals surface area contributed by atoms with E-state index in [1.165, 1.54) is 25.5 Å². The zero-order valence-corrected chi connectivity index (χ0v) is 9.40. The predicted octanol–water partition coefficient (Wildman–Crippen LogP) is 0.231. The molecule has 9 heteroatoms. The first kappa shape index (κ1) is 13.4. The number of nitro benzene ring substituents is 1. The molecule has 1 aromatic carbocycles. The number of nitrogens with zero attached hydrogens (tertiary/aromatic N) is 3. The summed E-state index contributed by atoms with van der Waals surface area (Å²) in [6, 6.07) is 4.28. The van der Waals surface area contributed by atoms with Gasteiger partial charge in [-0.1, -0.05) is 0 Å². The van der Waals surface area contributed by atoms with Gasteiger partial charge in [-0.15, -0.1) is 5.10 Å². The molecule has 1 rings (SSSR count). The Labute approximate surface area is 102 Å². The molecule has 0 spiro atoms. The molecule has 96 valence electrons. The minimum atomic E-state index is -0.566. The summed E-state index contributed by atoms with van der Waals surface area (Å²) >= 11 is 0. The zero-order valence-electron chi connectivity index (χ0n) is 9.40. The molecule has 0 bridgehead atoms. The molecule has 0 atom stereocenters. The van der Waals surface area contributed by atoms with Crippen LogP contribution in [0.1, 0.15) is 5.56 Å². The van der Waals surface area contributed by atoms with Gasteiger partial charge in [0.15, 0.2) is 5.75 Å². The third kappa shape index (κ3) is 3.42. The Bertz CT molecular complexity index is 500. The van der Waals surface area contributed by atoms with E-state index in [4.69, 9.17) is 15.7 Å². The highest BCUT2D eigenvalue weighted by Crippen LogP contribution is 2.26. The molecule has 0 radical (unpaired) electrons. The van der Waals surface area contributed by atoms with Crippen molar-refractivity contribution in [3.8, 4) is 5.75 Å². The topological polar surface area (TPSA) is 135 Å². The van der Waals surface area contributed by atoms with Gasteiger partial charge >= 0.3 is 5.69 Å². The highest BCUT2D eigenvalue weighted by Gasteiger charge is 2.14. The summed E-state index contributed by atoms with van der Waals surface area (Å²) < 4.78 is 4.84. The Kier molecular flexibility index (Phi) is 4.58. The normalized spacial score (nSPS) is 11.6. The van der Waals surface area contributed by atoms with Crippen molar-refractivity contribution in [2.45, 2.75) is 0 Å². The van der Waals surface area contributed by atoms with Gasteiger partial charge in [0, 0.05) is 11.6 Å². The van der Waals surface area contributed by atoms with Crippen molar-refractivity contribution in [1.29, 1.82) is 0 Å². The largest absolute Gasteiger partial charge is 0.490 e. The Hall–Kier alpha value is -2.68. The quantitative estimate of drug-likeness (QED) is 0.304. The van der Waals surface area contributed by atoms with Crippen LogP contribution in [0, 0.1) is 10.1 Å². The summed E-state index contributed by atoms with van der Waals surface area (Å²) in [5, 5.41) is 26.0. The first-order valence-corrected chi connectivity index (χ1v) is 4.67. The fourth-order valence-electron chi connectivity index (χ4n) is 1.11. The number of nitrogens with one attached hydrogen (secondary N) is 1. The minimum absolute atomic E-state index is 0.150. The lowest BCUT2D eigenvalue weighted by molar-refractivity contribution is -0.385. The first-order chi connectivity index (χ1) is 8.58. The molecule has 0 saturated heterocycles. The molecule has 0 aliphatic rings. The fraction of sp³-hybridized carbons (Fsp3) is 0.111. The predicted molar refractivity (Wildman–Crippen MR) is 63.8 cm³/mol. The van der Waals surface area contributed by atoms with Crippen molar-refractivity contribution in [1.82, 2.24) is 5.48 Å². The Morgan fingerprint density at radius 2 is 2.39 bits per heavy atom. The number of benzene rings is 1. The van der Waals surface area contributed by atoms with Gasteiger partial charge in [-0.3, -0.25) is 15.3 Å². The van der Waals surface area contributed by atoms with E-state index in [1.807, 2.05) is 0 Å². The van der Waals surface area contributed by atoms with Crippen LogP contribution in [0.5, 0.6) is 5.75 Å². The van der Waals surface area contributed by atoms with E-state index in [-0.39, 0.29) is 17.4 Å². The van der Waals surface area contributed by atoms with E-state index in [0.29, 0.717) is 5.56 Å². The third-order valence-electron chi connectivity index (χ3n) is 1.89. The summed E-state index contributed by atoms with van der Waals surface area (Å²) in [7, 11) is 1.34. The average Bonchev–Trinajstić information content (AvgIpc) is 2.38. The molecule has 0 heterocycles. The van der Waals surface area contributed by atoms with E-state index in [9.17, 15) is 10.1 Å². The lowest BCUT2D eigenvalue weighted by Gasteiger charge is -2.01. The number of hydroxylamine groups is 1. The summed E-state index contributed by atoms with van der Waals surface area (Å²) in [6.45, 7) is 0. The highest BCUT2D eigenvalue weighted by molar-refractivity contribution is 5.83. The number of hydrogen-bond acceptors (Lipinski definition) is 6. The van der Waals surface area contributed by atoms with Crippen molar-refractivity contribution in [3.05, 3.63) is 33.9 Å². The van der Waals surface area contributed by atoms with E-state index in [0.717, 1.165) is 0 Å². The minimum Gasteiger partial charge on any atom is -0.490 e. The summed E-state index contributed by atoms with van der Waals surface area (Å²) in [5.74, 6) is -0.147. The summed E-state index contributed by atoms with van der Waals surface area (Å²) in [5.41, 5.74) is 6.95. The Morgan fingerprint density at radius 1 is 1.67 bits per heavy atom. The van der Waals surface area contributed by atoms with E-state index in [1.54, 1.807) is 11.5 Å². The van der Waals surface area contributed by atoms with Crippen LogP contribution in [0.4, 0.5) is 5.69 Å². The maximum Gasteiger partial charge on any atom is 0.311 e. The third-order valence-corrected chi connectivity index (χ3v) is 1.89. The van der Waals surface area contributed by atoms with Gasteiger partial charge in [0.05, 0.1) is 18.2 Å². The SMILES string of the molecule is COc1ccc(/C=N/N=C(/N)NO)cc1[N+](=O)[O-]. The van der Waals surface area contributed by atoms with Crippen molar-refractivity contribution in [2.24, 2.45) is 15.9 Å². The lowest BCUT2D eigenvalue weighted by Crippen LogP contribution is -2.27. The van der Waals surface area contributed by atoms with Crippen molar-refractivity contribution in [2.75, 3.05) is 7.11 Å². The van der Waals surface area contributed by atoms with Crippen molar-refractivity contribution < 1.29 is 14.9 Å². The average molecular weight is 253 g/mol. The second-order valence-electron chi connectivity index (χ2n) is 3.03. The molecular formula is C9H11N5O4. The van der Waals surface area contributed by atoms with Crippen LogP contribution in [0.2, 0.25) is 0 Å². The molecule has 0 aliphatic heterocycles. The lowest BCUT2D eigenvalue weighted by atomic mass is 10.2. The van der Waals surface area contributed by atoms with Gasteiger partial charge in [0.25, 0.3) is 0 Å². The van der Waals surface area contributed by atoms with Gasteiger partial charge in [-0.25, -0.2) is 5.48 Å². The van der Waals surface area contributed by atoms with Crippen LogP contribution >= 0.6 is 0 Å². The Balaban J connectivity index is 2.99. The smallest absolute Gasteiger partial charge is 0.311 e. The van der Waals surface area contributed by atoms with Crippen LogP contribution in [0.25, 0.3) is 0 Å². The van der Waals surface area contributed by atoms with Crippen molar-refractivity contribution >= 4 is 17.9 Å².